The maximum absolute atomic E-state index is 12.0. The lowest BCUT2D eigenvalue weighted by atomic mass is 9.82. The fourth-order valence-corrected chi connectivity index (χ4v) is 1.73. The Bertz CT molecular complexity index is 234. The number of hydrogen-bond donors (Lipinski definition) is 0. The van der Waals surface area contributed by atoms with E-state index < -0.39 is 0 Å². The van der Waals surface area contributed by atoms with Gasteiger partial charge < -0.3 is 4.74 Å². The van der Waals surface area contributed by atoms with Gasteiger partial charge in [-0.2, -0.15) is 0 Å². The number of rotatable bonds is 4. The molecular formula is C14H28O2. The van der Waals surface area contributed by atoms with Gasteiger partial charge in [0.1, 0.15) is 6.10 Å². The lowest BCUT2D eigenvalue weighted by Gasteiger charge is -2.35. The Kier molecular flexibility index (Phi) is 5.03. The van der Waals surface area contributed by atoms with E-state index in [0.29, 0.717) is 5.92 Å². The minimum absolute atomic E-state index is 0.00630. The molecule has 0 aromatic heterocycles. The van der Waals surface area contributed by atoms with Crippen LogP contribution in [0, 0.1) is 16.7 Å². The van der Waals surface area contributed by atoms with Crippen molar-refractivity contribution in [3.8, 4) is 0 Å². The van der Waals surface area contributed by atoms with Gasteiger partial charge in [0.15, 0.2) is 0 Å². The van der Waals surface area contributed by atoms with Crippen LogP contribution >= 0.6 is 0 Å². The molecule has 0 saturated heterocycles. The van der Waals surface area contributed by atoms with Gasteiger partial charge in [0.25, 0.3) is 0 Å². The third kappa shape index (κ3) is 4.15. The van der Waals surface area contributed by atoms with E-state index >= 15 is 0 Å². The van der Waals surface area contributed by atoms with Crippen LogP contribution in [0.3, 0.4) is 0 Å². The largest absolute Gasteiger partial charge is 0.461 e. The predicted octanol–water partition coefficient (Wildman–Crippen LogP) is 4.04. The molecule has 16 heavy (non-hydrogen) atoms. The Morgan fingerprint density at radius 2 is 1.56 bits per heavy atom. The lowest BCUT2D eigenvalue weighted by Crippen LogP contribution is -2.39. The zero-order valence-corrected chi connectivity index (χ0v) is 12.2. The minimum Gasteiger partial charge on any atom is -0.461 e. The average molecular weight is 228 g/mol. The molecule has 0 aliphatic rings. The maximum Gasteiger partial charge on any atom is 0.311 e. The fraction of sp³-hybridized carbons (Fsp3) is 0.929. The van der Waals surface area contributed by atoms with Gasteiger partial charge in [0.2, 0.25) is 0 Å². The van der Waals surface area contributed by atoms with Crippen molar-refractivity contribution in [3.05, 3.63) is 0 Å². The molecule has 0 spiro atoms. The van der Waals surface area contributed by atoms with Crippen LogP contribution in [0.15, 0.2) is 0 Å². The van der Waals surface area contributed by atoms with E-state index in [1.54, 1.807) is 0 Å². The molecule has 0 aliphatic carbocycles. The van der Waals surface area contributed by atoms with E-state index in [4.69, 9.17) is 4.74 Å². The van der Waals surface area contributed by atoms with Crippen molar-refractivity contribution in [1.82, 2.24) is 0 Å². The third-order valence-corrected chi connectivity index (χ3v) is 3.13. The minimum atomic E-state index is -0.377. The molecule has 96 valence electrons. The summed E-state index contributed by atoms with van der Waals surface area (Å²) in [7, 11) is 0. The van der Waals surface area contributed by atoms with Gasteiger partial charge in [-0.05, 0) is 31.6 Å². The van der Waals surface area contributed by atoms with E-state index in [-0.39, 0.29) is 22.9 Å². The van der Waals surface area contributed by atoms with Gasteiger partial charge in [0.05, 0.1) is 5.41 Å². The van der Waals surface area contributed by atoms with Crippen molar-refractivity contribution >= 4 is 5.97 Å². The van der Waals surface area contributed by atoms with Crippen LogP contribution in [0.5, 0.6) is 0 Å². The summed E-state index contributed by atoms with van der Waals surface area (Å²) < 4.78 is 5.69. The molecule has 0 aromatic rings. The highest BCUT2D eigenvalue weighted by molar-refractivity contribution is 5.76. The molecule has 0 radical (unpaired) electrons. The zero-order valence-electron chi connectivity index (χ0n) is 12.2. The molecule has 0 fully saturated rings. The monoisotopic (exact) mass is 228 g/mol. The second-order valence-electron chi connectivity index (χ2n) is 6.67. The van der Waals surface area contributed by atoms with Gasteiger partial charge in [0, 0.05) is 0 Å². The van der Waals surface area contributed by atoms with Gasteiger partial charge in [-0.3, -0.25) is 4.79 Å². The molecule has 0 heterocycles. The highest BCUT2D eigenvalue weighted by Gasteiger charge is 2.35. The summed E-state index contributed by atoms with van der Waals surface area (Å²) in [6.07, 6.45) is 0.784. The molecule has 0 bridgehead atoms. The molecule has 0 amide bonds. The molecule has 0 aliphatic heterocycles. The summed E-state index contributed by atoms with van der Waals surface area (Å²) >= 11 is 0. The van der Waals surface area contributed by atoms with Crippen molar-refractivity contribution in [2.75, 3.05) is 0 Å². The van der Waals surface area contributed by atoms with Crippen LogP contribution in [0.1, 0.15) is 61.8 Å². The summed E-state index contributed by atoms with van der Waals surface area (Å²) in [4.78, 5) is 12.0. The Hall–Kier alpha value is -0.530. The molecule has 0 aromatic carbocycles. The number of hydrogen-bond acceptors (Lipinski definition) is 2. The number of carbonyl (C=O) groups is 1. The van der Waals surface area contributed by atoms with Crippen LogP contribution in [-0.2, 0) is 9.53 Å². The fourth-order valence-electron chi connectivity index (χ4n) is 1.73. The molecule has 2 nitrogen and oxygen atoms in total. The summed E-state index contributed by atoms with van der Waals surface area (Å²) in [6, 6.07) is 0. The van der Waals surface area contributed by atoms with Crippen LogP contribution in [0.4, 0.5) is 0 Å². The number of carbonyl (C=O) groups excluding carboxylic acids is 1. The van der Waals surface area contributed by atoms with Crippen molar-refractivity contribution in [3.63, 3.8) is 0 Å². The third-order valence-electron chi connectivity index (χ3n) is 3.13. The molecule has 1 atom stereocenters. The van der Waals surface area contributed by atoms with Crippen LogP contribution in [0.2, 0.25) is 0 Å². The average Bonchev–Trinajstić information content (AvgIpc) is 2.11. The van der Waals surface area contributed by atoms with Crippen LogP contribution < -0.4 is 0 Å². The van der Waals surface area contributed by atoms with Gasteiger partial charge in [-0.25, -0.2) is 0 Å². The Morgan fingerprint density at radius 3 is 1.81 bits per heavy atom. The van der Waals surface area contributed by atoms with Crippen LogP contribution in [-0.4, -0.2) is 12.1 Å². The Morgan fingerprint density at radius 1 is 1.12 bits per heavy atom. The topological polar surface area (TPSA) is 26.3 Å². The smallest absolute Gasteiger partial charge is 0.311 e. The zero-order chi connectivity index (χ0) is 13.1. The maximum atomic E-state index is 12.0. The van der Waals surface area contributed by atoms with Gasteiger partial charge in [-0.15, -0.1) is 0 Å². The van der Waals surface area contributed by atoms with E-state index in [2.05, 4.69) is 34.6 Å². The van der Waals surface area contributed by atoms with Gasteiger partial charge in [-0.1, -0.05) is 41.5 Å². The van der Waals surface area contributed by atoms with Crippen molar-refractivity contribution in [2.45, 2.75) is 67.9 Å². The van der Waals surface area contributed by atoms with E-state index in [1.165, 1.54) is 0 Å². The summed E-state index contributed by atoms with van der Waals surface area (Å²) in [6.45, 7) is 16.4. The Balaban J connectivity index is 4.74. The van der Waals surface area contributed by atoms with E-state index in [9.17, 15) is 4.79 Å². The van der Waals surface area contributed by atoms with E-state index in [1.807, 2.05) is 20.8 Å². The molecule has 0 rings (SSSR count). The first kappa shape index (κ1) is 15.5. The summed E-state index contributed by atoms with van der Waals surface area (Å²) in [5.41, 5.74) is -0.383. The second kappa shape index (κ2) is 5.20. The lowest BCUT2D eigenvalue weighted by molar-refractivity contribution is -0.169. The summed E-state index contributed by atoms with van der Waals surface area (Å²) in [5, 5.41) is 0. The summed E-state index contributed by atoms with van der Waals surface area (Å²) in [5.74, 6) is 0.264. The van der Waals surface area contributed by atoms with Crippen molar-refractivity contribution in [1.29, 1.82) is 0 Å². The first-order valence-electron chi connectivity index (χ1n) is 6.23. The first-order chi connectivity index (χ1) is 7.02. The van der Waals surface area contributed by atoms with Crippen molar-refractivity contribution in [2.24, 2.45) is 16.7 Å². The number of esters is 1. The molecular weight excluding hydrogens is 200 g/mol. The molecule has 2 heteroatoms. The second-order valence-corrected chi connectivity index (χ2v) is 6.67. The predicted molar refractivity (Wildman–Crippen MR) is 68.2 cm³/mol. The normalized spacial score (nSPS) is 15.1. The highest BCUT2D eigenvalue weighted by Crippen LogP contribution is 2.31. The molecule has 1 unspecified atom stereocenters. The molecule has 0 N–H and O–H groups in total. The SMILES string of the molecule is CCC(C)(C)C(=O)OC(C(C)C)C(C)(C)C. The standard InChI is InChI=1S/C14H28O2/c1-9-14(7,8)12(15)16-11(10(2)3)13(4,5)6/h10-11H,9H2,1-8H3. The quantitative estimate of drug-likeness (QED) is 0.679. The van der Waals surface area contributed by atoms with Crippen LogP contribution in [0.25, 0.3) is 0 Å². The molecule has 0 saturated carbocycles. The van der Waals surface area contributed by atoms with E-state index in [0.717, 1.165) is 6.42 Å². The van der Waals surface area contributed by atoms with Crippen molar-refractivity contribution < 1.29 is 9.53 Å². The first-order valence-corrected chi connectivity index (χ1v) is 6.23. The number of ether oxygens (including phenoxy) is 1. The van der Waals surface area contributed by atoms with Gasteiger partial charge >= 0.3 is 5.97 Å². The Labute approximate surface area is 101 Å². The highest BCUT2D eigenvalue weighted by atomic mass is 16.5.